The average molecular weight is 218 g/mol. The van der Waals surface area contributed by atoms with Crippen LogP contribution >= 0.6 is 0 Å². The first-order valence-corrected chi connectivity index (χ1v) is 6.71. The molecule has 0 aromatic heterocycles. The summed E-state index contributed by atoms with van der Waals surface area (Å²) in [4.78, 5) is 11.4. The van der Waals surface area contributed by atoms with Crippen molar-refractivity contribution in [3.05, 3.63) is 11.6 Å². The number of hydrogen-bond donors (Lipinski definition) is 0. The van der Waals surface area contributed by atoms with E-state index in [0.29, 0.717) is 17.3 Å². The Morgan fingerprint density at radius 3 is 2.88 bits per heavy atom. The highest BCUT2D eigenvalue weighted by molar-refractivity contribution is 5.67. The molecule has 1 unspecified atom stereocenters. The Morgan fingerprint density at radius 1 is 1.44 bits per heavy atom. The second-order valence-corrected chi connectivity index (χ2v) is 6.61. The molecule has 1 nitrogen and oxygen atoms in total. The number of rotatable bonds is 1. The molecule has 3 aliphatic rings. The number of allylic oxidation sites excluding steroid dienone is 2. The Morgan fingerprint density at radius 2 is 2.19 bits per heavy atom. The summed E-state index contributed by atoms with van der Waals surface area (Å²) >= 11 is 0. The van der Waals surface area contributed by atoms with E-state index >= 15 is 0 Å². The minimum absolute atomic E-state index is 0.0153. The highest BCUT2D eigenvalue weighted by atomic mass is 16.1. The van der Waals surface area contributed by atoms with Crippen LogP contribution < -0.4 is 0 Å². The van der Waals surface area contributed by atoms with Gasteiger partial charge in [-0.2, -0.15) is 0 Å². The lowest BCUT2D eigenvalue weighted by molar-refractivity contribution is -0.113. The zero-order chi connectivity index (χ0) is 11.6. The highest BCUT2D eigenvalue weighted by Crippen LogP contribution is 2.73. The van der Waals surface area contributed by atoms with Crippen molar-refractivity contribution in [3.8, 4) is 0 Å². The van der Waals surface area contributed by atoms with E-state index in [-0.39, 0.29) is 5.41 Å². The monoisotopic (exact) mass is 218 g/mol. The summed E-state index contributed by atoms with van der Waals surface area (Å²) in [5.74, 6) is 2.02. The quantitative estimate of drug-likeness (QED) is 0.485. The summed E-state index contributed by atoms with van der Waals surface area (Å²) in [6.45, 7) is 6.99. The van der Waals surface area contributed by atoms with Gasteiger partial charge in [-0.1, -0.05) is 32.4 Å². The van der Waals surface area contributed by atoms with Crippen molar-refractivity contribution in [3.63, 3.8) is 0 Å². The summed E-state index contributed by atoms with van der Waals surface area (Å²) in [6, 6.07) is 0. The molecule has 0 aromatic carbocycles. The summed E-state index contributed by atoms with van der Waals surface area (Å²) in [5, 5.41) is 0. The molecule has 0 bridgehead atoms. The molecule has 5 atom stereocenters. The molecule has 0 aliphatic heterocycles. The van der Waals surface area contributed by atoms with Crippen LogP contribution in [-0.4, -0.2) is 6.29 Å². The summed E-state index contributed by atoms with van der Waals surface area (Å²) in [5.41, 5.74) is 1.98. The maximum atomic E-state index is 11.4. The van der Waals surface area contributed by atoms with Crippen molar-refractivity contribution >= 4 is 6.29 Å². The third kappa shape index (κ3) is 1.00. The Bertz CT molecular complexity index is 370. The molecule has 0 N–H and O–H groups in total. The van der Waals surface area contributed by atoms with Crippen molar-refractivity contribution in [2.24, 2.45) is 28.6 Å². The van der Waals surface area contributed by atoms with Crippen LogP contribution in [0.1, 0.15) is 46.5 Å². The molecular weight excluding hydrogens is 196 g/mol. The van der Waals surface area contributed by atoms with E-state index in [9.17, 15) is 4.79 Å². The zero-order valence-corrected chi connectivity index (χ0v) is 10.6. The molecule has 0 aromatic rings. The standard InChI is InChI=1S/C15H22O/c1-10-5-4-6-11-7-8-12-13(15(10,11)3)14(12,2)9-16/h7,9-10,12-13H,4-6,8H2,1-3H3/t10-,12-,13+,14?,15+/m0/s1. The van der Waals surface area contributed by atoms with Crippen molar-refractivity contribution in [1.29, 1.82) is 0 Å². The molecule has 3 rings (SSSR count). The van der Waals surface area contributed by atoms with Crippen LogP contribution in [0.15, 0.2) is 11.6 Å². The van der Waals surface area contributed by atoms with Gasteiger partial charge in [-0.15, -0.1) is 0 Å². The van der Waals surface area contributed by atoms with Gasteiger partial charge in [0.2, 0.25) is 0 Å². The van der Waals surface area contributed by atoms with Gasteiger partial charge in [-0.05, 0) is 48.9 Å². The van der Waals surface area contributed by atoms with Crippen LogP contribution in [0.4, 0.5) is 0 Å². The van der Waals surface area contributed by atoms with Gasteiger partial charge in [-0.25, -0.2) is 0 Å². The van der Waals surface area contributed by atoms with Crippen molar-refractivity contribution in [1.82, 2.24) is 0 Å². The lowest BCUT2D eigenvalue weighted by atomic mass is 9.59. The topological polar surface area (TPSA) is 17.1 Å². The lowest BCUT2D eigenvalue weighted by Gasteiger charge is -2.45. The molecule has 88 valence electrons. The van der Waals surface area contributed by atoms with E-state index in [1.807, 2.05) is 0 Å². The number of carbonyl (C=O) groups is 1. The first kappa shape index (κ1) is 10.6. The third-order valence-corrected chi connectivity index (χ3v) is 6.08. The number of fused-ring (bicyclic) bond motifs is 3. The fourth-order valence-electron chi connectivity index (χ4n) is 4.82. The van der Waals surface area contributed by atoms with Gasteiger partial charge < -0.3 is 4.79 Å². The average Bonchev–Trinajstić information content (AvgIpc) is 2.89. The Hall–Kier alpha value is -0.590. The zero-order valence-electron chi connectivity index (χ0n) is 10.6. The number of aldehydes is 1. The smallest absolute Gasteiger partial charge is 0.126 e. The Labute approximate surface area is 98.3 Å². The van der Waals surface area contributed by atoms with Gasteiger partial charge in [-0.3, -0.25) is 0 Å². The molecular formula is C15H22O. The second-order valence-electron chi connectivity index (χ2n) is 6.61. The normalized spacial score (nSPS) is 54.7. The molecule has 16 heavy (non-hydrogen) atoms. The SMILES string of the molecule is C[C@H]1CCCC2=CC[C@H]3[C@H](C3(C)C=O)[C@@]21C. The lowest BCUT2D eigenvalue weighted by Crippen LogP contribution is -2.36. The molecule has 1 heteroatoms. The van der Waals surface area contributed by atoms with Gasteiger partial charge in [0.05, 0.1) is 0 Å². The van der Waals surface area contributed by atoms with E-state index in [0.717, 1.165) is 12.3 Å². The molecule has 2 fully saturated rings. The Kier molecular flexibility index (Phi) is 1.98. The molecule has 0 heterocycles. The van der Waals surface area contributed by atoms with Crippen LogP contribution in [0, 0.1) is 28.6 Å². The summed E-state index contributed by atoms with van der Waals surface area (Å²) in [7, 11) is 0. The molecule has 3 aliphatic carbocycles. The van der Waals surface area contributed by atoms with E-state index in [2.05, 4.69) is 26.8 Å². The van der Waals surface area contributed by atoms with Gasteiger partial charge in [0.25, 0.3) is 0 Å². The first-order chi connectivity index (χ1) is 7.55. The largest absolute Gasteiger partial charge is 0.303 e. The van der Waals surface area contributed by atoms with Crippen molar-refractivity contribution in [2.75, 3.05) is 0 Å². The van der Waals surface area contributed by atoms with Crippen molar-refractivity contribution in [2.45, 2.75) is 46.5 Å². The van der Waals surface area contributed by atoms with E-state index in [1.165, 1.54) is 25.5 Å². The van der Waals surface area contributed by atoms with Crippen LogP contribution in [0.2, 0.25) is 0 Å². The minimum atomic E-state index is -0.0153. The molecule has 0 amide bonds. The first-order valence-electron chi connectivity index (χ1n) is 6.71. The van der Waals surface area contributed by atoms with E-state index < -0.39 is 0 Å². The second kappa shape index (κ2) is 3.00. The molecule has 0 saturated heterocycles. The minimum Gasteiger partial charge on any atom is -0.303 e. The van der Waals surface area contributed by atoms with Crippen molar-refractivity contribution < 1.29 is 4.79 Å². The summed E-state index contributed by atoms with van der Waals surface area (Å²) < 4.78 is 0. The van der Waals surface area contributed by atoms with Crippen LogP contribution in [-0.2, 0) is 4.79 Å². The maximum Gasteiger partial charge on any atom is 0.126 e. The maximum absolute atomic E-state index is 11.4. The highest BCUT2D eigenvalue weighted by Gasteiger charge is 2.70. The fourth-order valence-corrected chi connectivity index (χ4v) is 4.82. The Balaban J connectivity index is 2.03. The molecule has 0 radical (unpaired) electrons. The third-order valence-electron chi connectivity index (χ3n) is 6.08. The van der Waals surface area contributed by atoms with Gasteiger partial charge in [0, 0.05) is 5.41 Å². The fraction of sp³-hybridized carbons (Fsp3) is 0.800. The van der Waals surface area contributed by atoms with Crippen LogP contribution in [0.3, 0.4) is 0 Å². The van der Waals surface area contributed by atoms with E-state index in [1.54, 1.807) is 5.57 Å². The van der Waals surface area contributed by atoms with Crippen LogP contribution in [0.5, 0.6) is 0 Å². The number of hydrogen-bond acceptors (Lipinski definition) is 1. The van der Waals surface area contributed by atoms with Gasteiger partial charge in [0.15, 0.2) is 0 Å². The van der Waals surface area contributed by atoms with Gasteiger partial charge >= 0.3 is 0 Å². The molecule has 2 saturated carbocycles. The van der Waals surface area contributed by atoms with E-state index in [4.69, 9.17) is 0 Å². The van der Waals surface area contributed by atoms with Crippen LogP contribution in [0.25, 0.3) is 0 Å². The molecule has 0 spiro atoms. The van der Waals surface area contributed by atoms with Gasteiger partial charge in [0.1, 0.15) is 6.29 Å². The number of carbonyl (C=O) groups excluding carboxylic acids is 1. The summed E-state index contributed by atoms with van der Waals surface area (Å²) in [6.07, 6.45) is 8.82. The predicted molar refractivity (Wildman–Crippen MR) is 65.0 cm³/mol. The predicted octanol–water partition coefficient (Wildman–Crippen LogP) is 3.59.